The summed E-state index contributed by atoms with van der Waals surface area (Å²) in [6, 6.07) is 3.69. The van der Waals surface area contributed by atoms with Crippen LogP contribution < -0.4 is 9.46 Å². The minimum absolute atomic E-state index is 0.0281. The van der Waals surface area contributed by atoms with Gasteiger partial charge in [-0.1, -0.05) is 12.8 Å². The smallest absolute Gasteiger partial charge is 0.240 e. The molecular formula is C13H18FNO3S. The Kier molecular flexibility index (Phi) is 4.42. The van der Waals surface area contributed by atoms with Crippen molar-refractivity contribution in [3.63, 3.8) is 0 Å². The topological polar surface area (TPSA) is 55.4 Å². The third-order valence-corrected chi connectivity index (χ3v) is 4.71. The van der Waals surface area contributed by atoms with Crippen LogP contribution in [-0.4, -0.2) is 21.1 Å². The maximum Gasteiger partial charge on any atom is 0.240 e. The maximum atomic E-state index is 13.7. The molecule has 0 amide bonds. The molecule has 0 bridgehead atoms. The van der Waals surface area contributed by atoms with E-state index in [1.54, 1.807) is 6.92 Å². The number of hydrogen-bond donors (Lipinski definition) is 1. The third-order valence-electron chi connectivity index (χ3n) is 3.19. The molecule has 1 aliphatic carbocycles. The van der Waals surface area contributed by atoms with E-state index in [1.165, 1.54) is 12.1 Å². The Balaban J connectivity index is 2.17. The van der Waals surface area contributed by atoms with Crippen molar-refractivity contribution in [2.24, 2.45) is 0 Å². The van der Waals surface area contributed by atoms with Crippen LogP contribution in [0.4, 0.5) is 4.39 Å². The molecule has 0 heterocycles. The molecule has 1 aromatic carbocycles. The lowest BCUT2D eigenvalue weighted by Gasteiger charge is -2.13. The fourth-order valence-electron chi connectivity index (χ4n) is 2.25. The molecule has 6 heteroatoms. The predicted molar refractivity (Wildman–Crippen MR) is 70.1 cm³/mol. The minimum atomic E-state index is -3.64. The number of sulfonamides is 1. The van der Waals surface area contributed by atoms with Gasteiger partial charge in [0.15, 0.2) is 11.6 Å². The monoisotopic (exact) mass is 287 g/mol. The molecule has 0 atom stereocenters. The molecule has 1 saturated carbocycles. The van der Waals surface area contributed by atoms with E-state index in [0.29, 0.717) is 6.61 Å². The molecule has 1 aliphatic rings. The van der Waals surface area contributed by atoms with E-state index < -0.39 is 15.8 Å². The summed E-state index contributed by atoms with van der Waals surface area (Å²) >= 11 is 0. The van der Waals surface area contributed by atoms with E-state index in [4.69, 9.17) is 4.74 Å². The zero-order valence-electron chi connectivity index (χ0n) is 10.9. The second kappa shape index (κ2) is 5.88. The van der Waals surface area contributed by atoms with Crippen molar-refractivity contribution in [1.29, 1.82) is 0 Å². The van der Waals surface area contributed by atoms with Gasteiger partial charge in [0.2, 0.25) is 10.0 Å². The summed E-state index contributed by atoms with van der Waals surface area (Å²) in [5.74, 6) is -0.585. The SMILES string of the molecule is CCOc1ccc(S(=O)(=O)NC2CCCC2)cc1F. The van der Waals surface area contributed by atoms with Crippen molar-refractivity contribution in [2.75, 3.05) is 6.61 Å². The van der Waals surface area contributed by atoms with Gasteiger partial charge in [0, 0.05) is 6.04 Å². The summed E-state index contributed by atoms with van der Waals surface area (Å²) in [4.78, 5) is -0.0552. The standard InChI is InChI=1S/C13H18FNO3S/c1-2-18-13-8-7-11(9-12(13)14)19(16,17)15-10-5-3-4-6-10/h7-10,15H,2-6H2,1H3. The molecule has 1 N–H and O–H groups in total. The van der Waals surface area contributed by atoms with Gasteiger partial charge in [-0.25, -0.2) is 17.5 Å². The summed E-state index contributed by atoms with van der Waals surface area (Å²) in [5, 5.41) is 0. The van der Waals surface area contributed by atoms with Crippen molar-refractivity contribution in [1.82, 2.24) is 4.72 Å². The molecule has 0 aliphatic heterocycles. The Morgan fingerprint density at radius 3 is 2.63 bits per heavy atom. The number of benzene rings is 1. The largest absolute Gasteiger partial charge is 0.491 e. The maximum absolute atomic E-state index is 13.7. The number of rotatable bonds is 5. The number of halogens is 1. The molecule has 2 rings (SSSR count). The van der Waals surface area contributed by atoms with Crippen LogP contribution in [0.25, 0.3) is 0 Å². The Bertz CT molecular complexity index is 539. The molecule has 19 heavy (non-hydrogen) atoms. The van der Waals surface area contributed by atoms with Crippen molar-refractivity contribution >= 4 is 10.0 Å². The van der Waals surface area contributed by atoms with Gasteiger partial charge in [-0.15, -0.1) is 0 Å². The minimum Gasteiger partial charge on any atom is -0.491 e. The molecule has 0 radical (unpaired) electrons. The summed E-state index contributed by atoms with van der Waals surface area (Å²) in [5.41, 5.74) is 0. The fourth-order valence-corrected chi connectivity index (χ4v) is 3.57. The average Bonchev–Trinajstić information content (AvgIpc) is 2.84. The highest BCUT2D eigenvalue weighted by Gasteiger charge is 2.23. The highest BCUT2D eigenvalue weighted by atomic mass is 32.2. The van der Waals surface area contributed by atoms with Crippen LogP contribution in [-0.2, 0) is 10.0 Å². The van der Waals surface area contributed by atoms with E-state index in [1.807, 2.05) is 0 Å². The van der Waals surface area contributed by atoms with Crippen molar-refractivity contribution in [3.8, 4) is 5.75 Å². The van der Waals surface area contributed by atoms with E-state index in [2.05, 4.69) is 4.72 Å². The average molecular weight is 287 g/mol. The highest BCUT2D eigenvalue weighted by molar-refractivity contribution is 7.89. The summed E-state index contributed by atoms with van der Waals surface area (Å²) in [6.45, 7) is 2.08. The van der Waals surface area contributed by atoms with Gasteiger partial charge >= 0.3 is 0 Å². The Morgan fingerprint density at radius 1 is 1.37 bits per heavy atom. The second-order valence-corrected chi connectivity index (χ2v) is 6.34. The molecule has 1 fully saturated rings. The lowest BCUT2D eigenvalue weighted by Crippen LogP contribution is -2.32. The highest BCUT2D eigenvalue weighted by Crippen LogP contribution is 2.23. The lowest BCUT2D eigenvalue weighted by molar-refractivity contribution is 0.321. The first-order valence-electron chi connectivity index (χ1n) is 6.47. The van der Waals surface area contributed by atoms with Gasteiger partial charge in [0.25, 0.3) is 0 Å². The molecule has 0 unspecified atom stereocenters. The zero-order chi connectivity index (χ0) is 13.9. The third kappa shape index (κ3) is 3.45. The molecule has 4 nitrogen and oxygen atoms in total. The predicted octanol–water partition coefficient (Wildman–Crippen LogP) is 2.45. The zero-order valence-corrected chi connectivity index (χ0v) is 11.7. The van der Waals surface area contributed by atoms with Crippen LogP contribution in [0.1, 0.15) is 32.6 Å². The van der Waals surface area contributed by atoms with Gasteiger partial charge in [-0.3, -0.25) is 0 Å². The van der Waals surface area contributed by atoms with Crippen LogP contribution >= 0.6 is 0 Å². The van der Waals surface area contributed by atoms with Crippen LogP contribution in [0.2, 0.25) is 0 Å². The Labute approximate surface area is 113 Å². The van der Waals surface area contributed by atoms with Crippen molar-refractivity contribution < 1.29 is 17.5 Å². The molecular weight excluding hydrogens is 269 g/mol. The van der Waals surface area contributed by atoms with E-state index in [-0.39, 0.29) is 16.7 Å². The first kappa shape index (κ1) is 14.3. The van der Waals surface area contributed by atoms with Crippen LogP contribution in [0, 0.1) is 5.82 Å². The van der Waals surface area contributed by atoms with Gasteiger partial charge in [-0.05, 0) is 38.0 Å². The molecule has 0 saturated heterocycles. The summed E-state index contributed by atoms with van der Waals surface area (Å²) in [6.07, 6.45) is 3.76. The summed E-state index contributed by atoms with van der Waals surface area (Å²) < 4.78 is 45.5. The van der Waals surface area contributed by atoms with Crippen LogP contribution in [0.3, 0.4) is 0 Å². The second-order valence-electron chi connectivity index (χ2n) is 4.63. The van der Waals surface area contributed by atoms with Gasteiger partial charge in [0.1, 0.15) is 0 Å². The van der Waals surface area contributed by atoms with Crippen LogP contribution in [0.5, 0.6) is 5.75 Å². The Hall–Kier alpha value is -1.14. The molecule has 0 spiro atoms. The number of nitrogens with one attached hydrogen (secondary N) is 1. The van der Waals surface area contributed by atoms with Gasteiger partial charge in [0.05, 0.1) is 11.5 Å². The normalized spacial score (nSPS) is 16.7. The summed E-state index contributed by atoms with van der Waals surface area (Å²) in [7, 11) is -3.64. The number of ether oxygens (including phenoxy) is 1. The molecule has 1 aromatic rings. The molecule has 106 valence electrons. The number of hydrogen-bond acceptors (Lipinski definition) is 3. The lowest BCUT2D eigenvalue weighted by atomic mass is 10.3. The van der Waals surface area contributed by atoms with Crippen LogP contribution in [0.15, 0.2) is 23.1 Å². The van der Waals surface area contributed by atoms with Gasteiger partial charge in [-0.2, -0.15) is 0 Å². The molecule has 0 aromatic heterocycles. The Morgan fingerprint density at radius 2 is 2.05 bits per heavy atom. The van der Waals surface area contributed by atoms with E-state index in [0.717, 1.165) is 31.7 Å². The fraction of sp³-hybridized carbons (Fsp3) is 0.538. The first-order chi connectivity index (χ1) is 9.03. The van der Waals surface area contributed by atoms with E-state index in [9.17, 15) is 12.8 Å². The van der Waals surface area contributed by atoms with Crippen molar-refractivity contribution in [2.45, 2.75) is 43.5 Å². The van der Waals surface area contributed by atoms with Gasteiger partial charge < -0.3 is 4.74 Å². The quantitative estimate of drug-likeness (QED) is 0.905. The van der Waals surface area contributed by atoms with E-state index >= 15 is 0 Å². The van der Waals surface area contributed by atoms with Crippen molar-refractivity contribution in [3.05, 3.63) is 24.0 Å². The first-order valence-corrected chi connectivity index (χ1v) is 7.96.